The molecule has 2 aromatic carbocycles. The summed E-state index contributed by atoms with van der Waals surface area (Å²) < 4.78 is 0. The van der Waals surface area contributed by atoms with E-state index in [9.17, 15) is 14.7 Å². The molecule has 0 saturated carbocycles. The molecule has 3 rings (SSSR count). The summed E-state index contributed by atoms with van der Waals surface area (Å²) in [7, 11) is 0. The average Bonchev–Trinajstić information content (AvgIpc) is 2.80. The van der Waals surface area contributed by atoms with Crippen LogP contribution in [0.3, 0.4) is 0 Å². The summed E-state index contributed by atoms with van der Waals surface area (Å²) in [4.78, 5) is 21.8. The zero-order valence-electron chi connectivity index (χ0n) is 19.3. The number of aliphatic carboxylic acids is 2. The predicted molar refractivity (Wildman–Crippen MR) is 129 cm³/mol. The summed E-state index contributed by atoms with van der Waals surface area (Å²) in [6.07, 6.45) is 7.38. The van der Waals surface area contributed by atoms with Crippen LogP contribution in [0.25, 0.3) is 0 Å². The molecule has 1 unspecified atom stereocenters. The highest BCUT2D eigenvalue weighted by molar-refractivity contribution is 5.89. The van der Waals surface area contributed by atoms with Gasteiger partial charge < -0.3 is 20.2 Å². The second kappa shape index (κ2) is 14.1. The second-order valence-corrected chi connectivity index (χ2v) is 8.75. The maximum atomic E-state index is 9.55. The number of phenols is 1. The molecule has 1 aliphatic rings. The zero-order chi connectivity index (χ0) is 24.1. The molecule has 1 fully saturated rings. The highest BCUT2D eigenvalue weighted by Crippen LogP contribution is 2.23. The molecule has 6 nitrogen and oxygen atoms in total. The van der Waals surface area contributed by atoms with Crippen LogP contribution in [0, 0.1) is 11.8 Å². The van der Waals surface area contributed by atoms with Crippen LogP contribution >= 0.6 is 0 Å². The van der Waals surface area contributed by atoms with Crippen LogP contribution in [0.5, 0.6) is 5.75 Å². The molecule has 0 spiro atoms. The van der Waals surface area contributed by atoms with E-state index in [0.717, 1.165) is 12.3 Å². The largest absolute Gasteiger partial charge is 0.508 e. The Kier molecular flexibility index (Phi) is 11.2. The van der Waals surface area contributed by atoms with Crippen molar-refractivity contribution >= 4 is 11.9 Å². The minimum Gasteiger partial charge on any atom is -0.508 e. The number of likely N-dealkylation sites (tertiary alicyclic amines) is 1. The van der Waals surface area contributed by atoms with Gasteiger partial charge in [-0.3, -0.25) is 0 Å². The van der Waals surface area contributed by atoms with E-state index in [1.807, 2.05) is 12.1 Å². The molecule has 0 amide bonds. The fraction of sp³-hybridized carbons (Fsp3) is 0.407. The molecule has 2 aromatic rings. The number of piperidine rings is 1. The summed E-state index contributed by atoms with van der Waals surface area (Å²) in [5.41, 5.74) is 2.82. The summed E-state index contributed by atoms with van der Waals surface area (Å²) in [6, 6.07) is 18.6. The van der Waals surface area contributed by atoms with Gasteiger partial charge in [-0.2, -0.15) is 0 Å². The van der Waals surface area contributed by atoms with Gasteiger partial charge in [0.2, 0.25) is 0 Å². The SMILES string of the molecule is CC(CCN1CCC(Cc2ccccc2)CC1)Cc1ccc(O)cc1.O=C(O)/C=C\C(=O)O. The first-order valence-corrected chi connectivity index (χ1v) is 11.5. The molecule has 0 radical (unpaired) electrons. The van der Waals surface area contributed by atoms with Crippen molar-refractivity contribution in [3.63, 3.8) is 0 Å². The van der Waals surface area contributed by atoms with Crippen molar-refractivity contribution in [2.24, 2.45) is 11.8 Å². The Balaban J connectivity index is 0.000000414. The van der Waals surface area contributed by atoms with Gasteiger partial charge in [-0.1, -0.05) is 49.4 Å². The van der Waals surface area contributed by atoms with Gasteiger partial charge in [0.1, 0.15) is 5.75 Å². The average molecular weight is 454 g/mol. The van der Waals surface area contributed by atoms with Crippen LogP contribution in [0.1, 0.15) is 37.3 Å². The van der Waals surface area contributed by atoms with Gasteiger partial charge in [-0.25, -0.2) is 9.59 Å². The first kappa shape index (κ1) is 26.1. The van der Waals surface area contributed by atoms with Gasteiger partial charge in [-0.05, 0) is 86.8 Å². The van der Waals surface area contributed by atoms with E-state index in [1.165, 1.54) is 56.4 Å². The summed E-state index contributed by atoms with van der Waals surface area (Å²) in [6.45, 7) is 6.07. The van der Waals surface area contributed by atoms with Crippen LogP contribution in [0.2, 0.25) is 0 Å². The molecule has 0 aromatic heterocycles. The minimum atomic E-state index is -1.26. The first-order valence-electron chi connectivity index (χ1n) is 11.5. The third kappa shape index (κ3) is 11.3. The van der Waals surface area contributed by atoms with Gasteiger partial charge in [-0.15, -0.1) is 0 Å². The van der Waals surface area contributed by atoms with E-state index in [-0.39, 0.29) is 0 Å². The molecule has 0 aliphatic carbocycles. The number of nitrogens with zero attached hydrogens (tertiary/aromatic N) is 1. The van der Waals surface area contributed by atoms with Crippen LogP contribution in [-0.2, 0) is 22.4 Å². The van der Waals surface area contributed by atoms with Crippen LogP contribution in [0.15, 0.2) is 66.7 Å². The molecule has 1 aliphatic heterocycles. The van der Waals surface area contributed by atoms with E-state index in [1.54, 1.807) is 12.1 Å². The highest BCUT2D eigenvalue weighted by Gasteiger charge is 2.19. The van der Waals surface area contributed by atoms with E-state index in [2.05, 4.69) is 42.2 Å². The van der Waals surface area contributed by atoms with Crippen molar-refractivity contribution in [1.82, 2.24) is 4.90 Å². The van der Waals surface area contributed by atoms with Gasteiger partial charge in [0, 0.05) is 12.2 Å². The van der Waals surface area contributed by atoms with Crippen LogP contribution in [-0.4, -0.2) is 51.8 Å². The maximum Gasteiger partial charge on any atom is 0.328 e. The van der Waals surface area contributed by atoms with Crippen molar-refractivity contribution in [1.29, 1.82) is 0 Å². The lowest BCUT2D eigenvalue weighted by Crippen LogP contribution is -2.35. The normalized spacial score (nSPS) is 15.5. The summed E-state index contributed by atoms with van der Waals surface area (Å²) in [5.74, 6) is -0.616. The lowest BCUT2D eigenvalue weighted by molar-refractivity contribution is -0.134. The van der Waals surface area contributed by atoms with Gasteiger partial charge >= 0.3 is 11.9 Å². The van der Waals surface area contributed by atoms with E-state index < -0.39 is 11.9 Å². The Labute approximate surface area is 196 Å². The van der Waals surface area contributed by atoms with E-state index in [0.29, 0.717) is 23.8 Å². The fourth-order valence-corrected chi connectivity index (χ4v) is 4.04. The molecule has 0 bridgehead atoms. The number of carboxylic acid groups (broad SMARTS) is 2. The molecule has 6 heteroatoms. The molecular weight excluding hydrogens is 418 g/mol. The smallest absolute Gasteiger partial charge is 0.328 e. The Hall–Kier alpha value is -3.12. The minimum absolute atomic E-state index is 0.356. The fourth-order valence-electron chi connectivity index (χ4n) is 4.04. The molecule has 1 atom stereocenters. The molecular formula is C27H35NO5. The van der Waals surface area contributed by atoms with Crippen LogP contribution < -0.4 is 0 Å². The number of benzene rings is 2. The third-order valence-electron chi connectivity index (χ3n) is 5.90. The maximum absolute atomic E-state index is 9.55. The standard InChI is InChI=1S/C23H31NO.C4H4O4/c1-19(17-21-7-9-23(25)10-8-21)11-14-24-15-12-22(13-16-24)18-20-5-3-2-4-6-20;5-3(6)1-2-4(7)8/h2-10,19,22,25H,11-18H2,1H3;1-2H,(H,5,6)(H,7,8)/b;2-1-. The van der Waals surface area contributed by atoms with Crippen molar-refractivity contribution in [3.8, 4) is 5.75 Å². The summed E-state index contributed by atoms with van der Waals surface area (Å²) >= 11 is 0. The Morgan fingerprint density at radius 2 is 1.52 bits per heavy atom. The number of phenolic OH excluding ortho intramolecular Hbond substituents is 1. The molecule has 1 saturated heterocycles. The van der Waals surface area contributed by atoms with Gasteiger partial charge in [0.25, 0.3) is 0 Å². The molecule has 178 valence electrons. The zero-order valence-corrected chi connectivity index (χ0v) is 19.3. The summed E-state index contributed by atoms with van der Waals surface area (Å²) in [5, 5.41) is 25.0. The number of carbonyl (C=O) groups is 2. The number of carboxylic acids is 2. The second-order valence-electron chi connectivity index (χ2n) is 8.75. The Morgan fingerprint density at radius 3 is 2.06 bits per heavy atom. The first-order chi connectivity index (χ1) is 15.8. The lowest BCUT2D eigenvalue weighted by atomic mass is 9.90. The predicted octanol–water partition coefficient (Wildman–Crippen LogP) is 4.63. The topological polar surface area (TPSA) is 98.1 Å². The van der Waals surface area contributed by atoms with Gasteiger partial charge in [0.15, 0.2) is 0 Å². The quantitative estimate of drug-likeness (QED) is 0.479. The van der Waals surface area contributed by atoms with Crippen molar-refractivity contribution in [3.05, 3.63) is 77.9 Å². The third-order valence-corrected chi connectivity index (χ3v) is 5.90. The van der Waals surface area contributed by atoms with Crippen molar-refractivity contribution < 1.29 is 24.9 Å². The highest BCUT2D eigenvalue weighted by atomic mass is 16.4. The van der Waals surface area contributed by atoms with Crippen molar-refractivity contribution in [2.45, 2.75) is 39.0 Å². The number of rotatable bonds is 9. The van der Waals surface area contributed by atoms with Crippen LogP contribution in [0.4, 0.5) is 0 Å². The molecule has 1 heterocycles. The van der Waals surface area contributed by atoms with Crippen molar-refractivity contribution in [2.75, 3.05) is 19.6 Å². The van der Waals surface area contributed by atoms with E-state index >= 15 is 0 Å². The monoisotopic (exact) mass is 453 g/mol. The Morgan fingerprint density at radius 1 is 0.939 bits per heavy atom. The number of aromatic hydroxyl groups is 1. The molecule has 3 N–H and O–H groups in total. The number of hydrogen-bond acceptors (Lipinski definition) is 4. The number of hydrogen-bond donors (Lipinski definition) is 3. The lowest BCUT2D eigenvalue weighted by Gasteiger charge is -2.32. The van der Waals surface area contributed by atoms with Gasteiger partial charge in [0.05, 0.1) is 0 Å². The molecule has 33 heavy (non-hydrogen) atoms. The van der Waals surface area contributed by atoms with E-state index in [4.69, 9.17) is 10.2 Å². The Bertz CT molecular complexity index is 855.